The van der Waals surface area contributed by atoms with Crippen LogP contribution in [-0.2, 0) is 31.3 Å². The molecule has 1 aromatic rings. The zero-order valence-corrected chi connectivity index (χ0v) is 22.3. The van der Waals surface area contributed by atoms with Crippen LogP contribution in [0.2, 0.25) is 0 Å². The van der Waals surface area contributed by atoms with Gasteiger partial charge in [0.25, 0.3) is 5.69 Å². The van der Waals surface area contributed by atoms with Gasteiger partial charge in [0.15, 0.2) is 0 Å². The molecular formula is C20H37O2PS2Zn. The molecule has 0 aliphatic rings. The molecule has 1 rings (SSSR count). The van der Waals surface area contributed by atoms with E-state index in [1.807, 2.05) is 6.07 Å². The number of thiol groups is 1. The topological polar surface area (TPSA) is 29.5 Å². The van der Waals surface area contributed by atoms with Gasteiger partial charge in [-0.25, -0.2) is 0 Å². The van der Waals surface area contributed by atoms with Crippen LogP contribution >= 0.6 is 17.9 Å². The molecule has 0 spiro atoms. The molecular weight excluding hydrogens is 433 g/mol. The Labute approximate surface area is 186 Å². The first kappa shape index (κ1) is 31.3. The molecule has 0 aliphatic carbocycles. The van der Waals surface area contributed by atoms with Gasteiger partial charge in [-0.3, -0.25) is 0 Å². The van der Waals surface area contributed by atoms with Crippen molar-refractivity contribution in [2.24, 2.45) is 0 Å². The van der Waals surface area contributed by atoms with Gasteiger partial charge >= 0.3 is 19.5 Å². The van der Waals surface area contributed by atoms with Crippen LogP contribution in [0.3, 0.4) is 0 Å². The zero-order valence-electron chi connectivity index (χ0n) is 16.7. The summed E-state index contributed by atoms with van der Waals surface area (Å²) in [5.74, 6) is 0.549. The van der Waals surface area contributed by atoms with Crippen molar-refractivity contribution in [1.29, 1.82) is 0 Å². The van der Waals surface area contributed by atoms with Crippen molar-refractivity contribution >= 4 is 29.7 Å². The molecule has 1 aromatic carbocycles. The maximum absolute atomic E-state index is 9.04. The fraction of sp³-hybridized carbons (Fsp3) is 0.600. The third kappa shape index (κ3) is 29.4. The van der Waals surface area contributed by atoms with Crippen LogP contribution in [0.15, 0.2) is 30.3 Å². The van der Waals surface area contributed by atoms with E-state index in [0.29, 0.717) is 5.75 Å². The molecule has 0 amide bonds. The molecule has 1 atom stereocenters. The van der Waals surface area contributed by atoms with Crippen molar-refractivity contribution in [2.45, 2.75) is 78.1 Å². The van der Waals surface area contributed by atoms with Crippen LogP contribution in [0, 0.1) is 13.8 Å². The zero-order chi connectivity index (χ0) is 19.4. The minimum absolute atomic E-state index is 0. The Kier molecular flexibility index (Phi) is 28.5. The summed E-state index contributed by atoms with van der Waals surface area (Å²) in [5.41, 5.74) is -2.86. The van der Waals surface area contributed by atoms with Crippen molar-refractivity contribution in [3.63, 3.8) is 0 Å². The molecule has 0 heterocycles. The normalized spacial score (nSPS) is 11.6. The second kappa shape index (κ2) is 23.6. The van der Waals surface area contributed by atoms with Crippen molar-refractivity contribution < 1.29 is 28.9 Å². The molecule has 6 heteroatoms. The number of rotatable bonds is 10. The Morgan fingerprint density at radius 1 is 0.923 bits per heavy atom. The fourth-order valence-electron chi connectivity index (χ4n) is 1.83. The van der Waals surface area contributed by atoms with Crippen molar-refractivity contribution in [2.75, 3.05) is 0 Å². The second-order valence-corrected chi connectivity index (χ2v) is 10.8. The Hall–Kier alpha value is 0.603. The summed E-state index contributed by atoms with van der Waals surface area (Å²) in [6.07, 6.45) is 13.0. The number of unbranched alkanes of at least 4 members (excludes halogenated alkanes) is 8. The van der Waals surface area contributed by atoms with E-state index in [-0.39, 0.29) is 19.5 Å². The van der Waals surface area contributed by atoms with Gasteiger partial charge in [0.05, 0.1) is 0 Å². The van der Waals surface area contributed by atoms with Gasteiger partial charge in [-0.1, -0.05) is 95.7 Å². The van der Waals surface area contributed by atoms with Gasteiger partial charge < -0.3 is 23.3 Å². The maximum atomic E-state index is 9.04. The molecule has 0 aliphatic heterocycles. The van der Waals surface area contributed by atoms with Crippen LogP contribution in [0.5, 0.6) is 5.75 Å². The largest absolute Gasteiger partial charge is 2.00 e. The summed E-state index contributed by atoms with van der Waals surface area (Å²) in [7, 11) is 0. The standard InChI is InChI=1S/2C7H15.C6H7O2PS2.Zn/c2*1-3-5-7-6-4-2;7-9(10,11)8-6-4-2-1-3-5-6;/h2*1,3-7H2,2H3;1-5H,(H2,7,10,11);/q2*-1;;+2. The van der Waals surface area contributed by atoms with E-state index in [2.05, 4.69) is 51.8 Å². The van der Waals surface area contributed by atoms with Crippen LogP contribution in [0.25, 0.3) is 0 Å². The first-order valence-corrected chi connectivity index (χ1v) is 13.1. The quantitative estimate of drug-likeness (QED) is 0.120. The summed E-state index contributed by atoms with van der Waals surface area (Å²) < 4.78 is 4.95. The van der Waals surface area contributed by atoms with Gasteiger partial charge in [-0.2, -0.15) is 12.8 Å². The average Bonchev–Trinajstić information content (AvgIpc) is 2.56. The van der Waals surface area contributed by atoms with Gasteiger partial charge in [0, 0.05) is 0 Å². The maximum Gasteiger partial charge on any atom is 2.00 e. The molecule has 148 valence electrons. The number of hydrogen-bond acceptors (Lipinski definition) is 2. The van der Waals surface area contributed by atoms with E-state index in [9.17, 15) is 0 Å². The average molecular weight is 470 g/mol. The number of para-hydroxylation sites is 1. The third-order valence-electron chi connectivity index (χ3n) is 3.17. The van der Waals surface area contributed by atoms with Gasteiger partial charge in [-0.15, -0.1) is 0 Å². The van der Waals surface area contributed by atoms with E-state index in [1.54, 1.807) is 24.3 Å². The summed E-state index contributed by atoms with van der Waals surface area (Å²) in [6, 6.07) is 8.88. The molecule has 1 unspecified atom stereocenters. The summed E-state index contributed by atoms with van der Waals surface area (Å²) in [4.78, 5) is 9.04. The van der Waals surface area contributed by atoms with Gasteiger partial charge in [0.2, 0.25) is 0 Å². The Morgan fingerprint density at radius 2 is 1.35 bits per heavy atom. The van der Waals surface area contributed by atoms with E-state index in [0.717, 1.165) is 12.8 Å². The van der Waals surface area contributed by atoms with Crippen LogP contribution in [-0.4, -0.2) is 4.89 Å². The number of hydrogen-bond donors (Lipinski definition) is 2. The van der Waals surface area contributed by atoms with E-state index < -0.39 is 5.69 Å². The second-order valence-electron chi connectivity index (χ2n) is 5.72. The first-order chi connectivity index (χ1) is 11.9. The Bertz CT molecular complexity index is 396. The summed E-state index contributed by atoms with van der Waals surface area (Å²) >= 11 is 8.30. The predicted molar refractivity (Wildman–Crippen MR) is 121 cm³/mol. The van der Waals surface area contributed by atoms with Crippen LogP contribution in [0.4, 0.5) is 0 Å². The molecule has 1 N–H and O–H groups in total. The smallest absolute Gasteiger partial charge is 0.436 e. The van der Waals surface area contributed by atoms with Crippen LogP contribution < -0.4 is 4.52 Å². The fourth-order valence-corrected chi connectivity index (χ4v) is 2.76. The van der Waals surface area contributed by atoms with Crippen molar-refractivity contribution in [1.82, 2.24) is 0 Å². The monoisotopic (exact) mass is 468 g/mol. The molecule has 0 fully saturated rings. The molecule has 0 saturated carbocycles. The Balaban J connectivity index is -0.000000314. The SMILES string of the molecule is OP(=S)(S)Oc1ccccc1.[CH2-]CCCCCC.[CH2-]CCCCCC.[Zn+2]. The first-order valence-electron chi connectivity index (χ1n) is 9.29. The van der Waals surface area contributed by atoms with Crippen molar-refractivity contribution in [3.8, 4) is 5.75 Å². The molecule has 0 aromatic heterocycles. The molecule has 0 saturated heterocycles. The van der Waals surface area contributed by atoms with Gasteiger partial charge in [0.1, 0.15) is 5.75 Å². The Morgan fingerprint density at radius 3 is 1.65 bits per heavy atom. The third-order valence-corrected chi connectivity index (χ3v) is 4.09. The van der Waals surface area contributed by atoms with Gasteiger partial charge in [-0.05, 0) is 23.9 Å². The van der Waals surface area contributed by atoms with Crippen LogP contribution in [0.1, 0.15) is 78.1 Å². The minimum atomic E-state index is -2.86. The van der Waals surface area contributed by atoms with E-state index in [4.69, 9.17) is 9.42 Å². The van der Waals surface area contributed by atoms with Crippen molar-refractivity contribution in [3.05, 3.63) is 44.2 Å². The number of benzene rings is 1. The summed E-state index contributed by atoms with van der Waals surface area (Å²) in [6.45, 7) is 12.0. The van der Waals surface area contributed by atoms with E-state index >= 15 is 0 Å². The molecule has 0 radical (unpaired) electrons. The molecule has 26 heavy (non-hydrogen) atoms. The molecule has 0 bridgehead atoms. The minimum Gasteiger partial charge on any atom is -0.436 e. The summed E-state index contributed by atoms with van der Waals surface area (Å²) in [5, 5.41) is 0. The predicted octanol–water partition coefficient (Wildman–Crippen LogP) is 7.79. The molecule has 2 nitrogen and oxygen atoms in total. The van der Waals surface area contributed by atoms with E-state index in [1.165, 1.54) is 51.4 Å².